The largest absolute Gasteiger partial charge is 0.296 e. The Balaban J connectivity index is 2.61. The third-order valence-corrected chi connectivity index (χ3v) is 2.28. The molecular formula is C6H10NPS. The Kier molecular flexibility index (Phi) is 2.65. The molecular weight excluding hydrogens is 149 g/mol. The molecule has 0 spiro atoms. The lowest BCUT2D eigenvalue weighted by molar-refractivity contribution is 1.00. The van der Waals surface area contributed by atoms with Gasteiger partial charge >= 0.3 is 0 Å². The molecule has 1 rings (SSSR count). The monoisotopic (exact) mass is 159 g/mol. The summed E-state index contributed by atoms with van der Waals surface area (Å²) in [6.07, 6.45) is 0. The summed E-state index contributed by atoms with van der Waals surface area (Å²) in [6, 6.07) is 4.29. The van der Waals surface area contributed by atoms with Crippen molar-refractivity contribution < 1.29 is 0 Å². The predicted octanol–water partition coefficient (Wildman–Crippen LogP) is 1.94. The van der Waals surface area contributed by atoms with Crippen molar-refractivity contribution in [1.29, 1.82) is 0 Å². The fourth-order valence-electron chi connectivity index (χ4n) is 0.681. The second-order valence-electron chi connectivity index (χ2n) is 1.89. The topological polar surface area (TPSA) is 12.0 Å². The molecule has 1 N–H and O–H groups in total. The summed E-state index contributed by atoms with van der Waals surface area (Å²) < 4.78 is 0. The first-order chi connectivity index (χ1) is 4.33. The van der Waals surface area contributed by atoms with Gasteiger partial charge in [0.05, 0.1) is 0 Å². The molecule has 0 aliphatic carbocycles. The van der Waals surface area contributed by atoms with Crippen LogP contribution in [-0.4, -0.2) is 0 Å². The number of hydrogen-bond acceptors (Lipinski definition) is 2. The van der Waals surface area contributed by atoms with Crippen LogP contribution in [0, 0.1) is 6.92 Å². The molecule has 1 atom stereocenters. The number of rotatable bonds is 2. The summed E-state index contributed by atoms with van der Waals surface area (Å²) in [6.45, 7) is 3.08. The quantitative estimate of drug-likeness (QED) is 0.650. The van der Waals surface area contributed by atoms with Gasteiger partial charge in [-0.25, -0.2) is 0 Å². The minimum absolute atomic E-state index is 0.961. The van der Waals surface area contributed by atoms with E-state index in [1.54, 1.807) is 0 Å². The zero-order valence-electron chi connectivity index (χ0n) is 5.35. The van der Waals surface area contributed by atoms with Crippen molar-refractivity contribution in [1.82, 2.24) is 5.09 Å². The molecule has 0 aliphatic heterocycles. The average Bonchev–Trinajstić information content (AvgIpc) is 2.17. The third kappa shape index (κ3) is 2.05. The van der Waals surface area contributed by atoms with E-state index in [2.05, 4.69) is 33.5 Å². The van der Waals surface area contributed by atoms with Crippen molar-refractivity contribution in [2.75, 3.05) is 0 Å². The van der Waals surface area contributed by atoms with E-state index in [4.69, 9.17) is 0 Å². The lowest BCUT2D eigenvalue weighted by Gasteiger charge is -1.89. The van der Waals surface area contributed by atoms with Crippen LogP contribution in [0.2, 0.25) is 0 Å². The fraction of sp³-hybridized carbons (Fsp3) is 0.333. The summed E-state index contributed by atoms with van der Waals surface area (Å²) in [5, 5.41) is 3.02. The Bertz CT molecular complexity index is 185. The van der Waals surface area contributed by atoms with E-state index >= 15 is 0 Å². The second-order valence-corrected chi connectivity index (χ2v) is 3.67. The first-order valence-corrected chi connectivity index (χ1v) is 4.21. The SMILES string of the molecule is Cc1ccc(CNP)s1. The molecule has 1 unspecified atom stereocenters. The van der Waals surface area contributed by atoms with Gasteiger partial charge < -0.3 is 0 Å². The average molecular weight is 159 g/mol. The first kappa shape index (κ1) is 7.20. The van der Waals surface area contributed by atoms with E-state index in [-0.39, 0.29) is 0 Å². The molecule has 1 aromatic rings. The molecule has 0 aromatic carbocycles. The van der Waals surface area contributed by atoms with Crippen LogP contribution in [-0.2, 0) is 6.54 Å². The van der Waals surface area contributed by atoms with E-state index in [9.17, 15) is 0 Å². The van der Waals surface area contributed by atoms with Gasteiger partial charge in [0, 0.05) is 16.3 Å². The highest BCUT2D eigenvalue weighted by atomic mass is 32.1. The molecule has 0 saturated carbocycles. The summed E-state index contributed by atoms with van der Waals surface area (Å²) in [5.74, 6) is 0. The standard InChI is InChI=1S/C6H10NPS/c1-5-2-3-6(9-5)4-7-8/h2-3,7H,4,8H2,1H3. The van der Waals surface area contributed by atoms with Crippen molar-refractivity contribution in [2.24, 2.45) is 0 Å². The molecule has 3 heteroatoms. The molecule has 9 heavy (non-hydrogen) atoms. The second kappa shape index (κ2) is 3.31. The minimum Gasteiger partial charge on any atom is -0.296 e. The normalized spacial score (nSPS) is 10.0. The zero-order chi connectivity index (χ0) is 6.69. The van der Waals surface area contributed by atoms with E-state index in [1.807, 2.05) is 11.3 Å². The Labute approximate surface area is 61.7 Å². The number of thiophene rings is 1. The Morgan fingerprint density at radius 1 is 1.67 bits per heavy atom. The van der Waals surface area contributed by atoms with Gasteiger partial charge in [0.15, 0.2) is 0 Å². The maximum atomic E-state index is 3.02. The van der Waals surface area contributed by atoms with E-state index < -0.39 is 0 Å². The number of nitrogens with one attached hydrogen (secondary N) is 1. The van der Waals surface area contributed by atoms with Crippen LogP contribution in [0.5, 0.6) is 0 Å². The Morgan fingerprint density at radius 3 is 2.89 bits per heavy atom. The zero-order valence-corrected chi connectivity index (χ0v) is 7.32. The maximum absolute atomic E-state index is 3.02. The first-order valence-electron chi connectivity index (χ1n) is 2.81. The molecule has 0 aliphatic rings. The van der Waals surface area contributed by atoms with Gasteiger partial charge in [0.2, 0.25) is 0 Å². The van der Waals surface area contributed by atoms with Crippen LogP contribution >= 0.6 is 20.7 Å². The molecule has 1 nitrogen and oxygen atoms in total. The Morgan fingerprint density at radius 2 is 2.44 bits per heavy atom. The molecule has 1 heterocycles. The highest BCUT2D eigenvalue weighted by molar-refractivity contribution is 7.14. The highest BCUT2D eigenvalue weighted by Crippen LogP contribution is 2.14. The fourth-order valence-corrected chi connectivity index (χ4v) is 1.89. The van der Waals surface area contributed by atoms with Gasteiger partial charge in [-0.1, -0.05) is 9.39 Å². The van der Waals surface area contributed by atoms with Crippen molar-refractivity contribution in [3.05, 3.63) is 21.9 Å². The predicted molar refractivity (Wildman–Crippen MR) is 45.6 cm³/mol. The van der Waals surface area contributed by atoms with Crippen LogP contribution < -0.4 is 5.09 Å². The van der Waals surface area contributed by atoms with E-state index in [0.29, 0.717) is 0 Å². The molecule has 0 bridgehead atoms. The van der Waals surface area contributed by atoms with Gasteiger partial charge in [-0.3, -0.25) is 5.09 Å². The minimum atomic E-state index is 0.961. The maximum Gasteiger partial charge on any atom is 0.0331 e. The summed E-state index contributed by atoms with van der Waals surface area (Å²) >= 11 is 1.84. The number of hydrogen-bond donors (Lipinski definition) is 1. The van der Waals surface area contributed by atoms with Gasteiger partial charge in [-0.2, -0.15) is 0 Å². The molecule has 0 amide bonds. The third-order valence-electron chi connectivity index (χ3n) is 1.07. The van der Waals surface area contributed by atoms with E-state index in [0.717, 1.165) is 6.54 Å². The smallest absolute Gasteiger partial charge is 0.0331 e. The van der Waals surface area contributed by atoms with Crippen molar-refractivity contribution in [3.8, 4) is 0 Å². The van der Waals surface area contributed by atoms with Crippen LogP contribution in [0.4, 0.5) is 0 Å². The Hall–Kier alpha value is 0.0900. The molecule has 50 valence electrons. The van der Waals surface area contributed by atoms with Gasteiger partial charge in [0.1, 0.15) is 0 Å². The summed E-state index contributed by atoms with van der Waals surface area (Å²) in [5.41, 5.74) is 0. The molecule has 1 aromatic heterocycles. The lowest BCUT2D eigenvalue weighted by atomic mass is 10.4. The van der Waals surface area contributed by atoms with Gasteiger partial charge in [-0.05, 0) is 19.1 Å². The molecule has 0 radical (unpaired) electrons. The highest BCUT2D eigenvalue weighted by Gasteiger charge is 1.91. The number of aryl methyl sites for hydroxylation is 1. The van der Waals surface area contributed by atoms with Crippen molar-refractivity contribution in [2.45, 2.75) is 13.5 Å². The lowest BCUT2D eigenvalue weighted by Crippen LogP contribution is -1.93. The summed E-state index contributed by atoms with van der Waals surface area (Å²) in [7, 11) is 2.49. The molecule has 0 saturated heterocycles. The molecule has 0 fully saturated rings. The van der Waals surface area contributed by atoms with E-state index in [1.165, 1.54) is 9.75 Å². The van der Waals surface area contributed by atoms with Crippen LogP contribution in [0.25, 0.3) is 0 Å². The van der Waals surface area contributed by atoms with Crippen molar-refractivity contribution >= 4 is 20.7 Å². The van der Waals surface area contributed by atoms with Crippen LogP contribution in [0.3, 0.4) is 0 Å². The van der Waals surface area contributed by atoms with Gasteiger partial charge in [0.25, 0.3) is 0 Å². The van der Waals surface area contributed by atoms with Crippen LogP contribution in [0.1, 0.15) is 9.75 Å². The summed E-state index contributed by atoms with van der Waals surface area (Å²) in [4.78, 5) is 2.77. The van der Waals surface area contributed by atoms with Crippen LogP contribution in [0.15, 0.2) is 12.1 Å². The van der Waals surface area contributed by atoms with Gasteiger partial charge in [-0.15, -0.1) is 11.3 Å². The van der Waals surface area contributed by atoms with Crippen molar-refractivity contribution in [3.63, 3.8) is 0 Å².